The molecule has 0 saturated carbocycles. The number of sulfonamides is 1. The molecule has 1 heterocycles. The summed E-state index contributed by atoms with van der Waals surface area (Å²) in [7, 11) is -1.03. The van der Waals surface area contributed by atoms with Crippen LogP contribution in [-0.2, 0) is 14.8 Å². The molecule has 25 heavy (non-hydrogen) atoms. The van der Waals surface area contributed by atoms with Gasteiger partial charge in [-0.25, -0.2) is 17.9 Å². The Labute approximate surface area is 148 Å². The number of nitrogens with one attached hydrogen (secondary N) is 2. The fourth-order valence-corrected chi connectivity index (χ4v) is 3.73. The van der Waals surface area contributed by atoms with Gasteiger partial charge in [0.05, 0.1) is 19.1 Å². The number of carbonyl (C=O) groups is 1. The second-order valence-electron chi connectivity index (χ2n) is 5.70. The summed E-state index contributed by atoms with van der Waals surface area (Å²) in [6, 6.07) is 4.08. The first-order valence-electron chi connectivity index (χ1n) is 8.17. The van der Waals surface area contributed by atoms with Crippen LogP contribution in [0, 0.1) is 0 Å². The average Bonchev–Trinajstić information content (AvgIpc) is 2.65. The zero-order valence-corrected chi connectivity index (χ0v) is 15.4. The molecule has 0 radical (unpaired) electrons. The number of carbonyl (C=O) groups excluding carboxylic acids is 1. The van der Waals surface area contributed by atoms with E-state index >= 15 is 0 Å². The van der Waals surface area contributed by atoms with Crippen molar-refractivity contribution in [1.82, 2.24) is 14.9 Å². The molecule has 8 nitrogen and oxygen atoms in total. The highest BCUT2D eigenvalue weighted by Crippen LogP contribution is 2.23. The van der Waals surface area contributed by atoms with E-state index in [0.717, 1.165) is 39.1 Å². The highest BCUT2D eigenvalue weighted by Gasteiger charge is 2.19. The maximum Gasteiger partial charge on any atom is 0.341 e. The second kappa shape index (κ2) is 9.14. The summed E-state index contributed by atoms with van der Waals surface area (Å²) >= 11 is 0. The van der Waals surface area contributed by atoms with E-state index in [-0.39, 0.29) is 16.2 Å². The molecule has 0 amide bonds. The van der Waals surface area contributed by atoms with Crippen LogP contribution in [0.3, 0.4) is 0 Å². The van der Waals surface area contributed by atoms with E-state index in [0.29, 0.717) is 6.54 Å². The van der Waals surface area contributed by atoms with Crippen molar-refractivity contribution in [1.29, 1.82) is 0 Å². The number of ether oxygens (including phenoxy) is 2. The summed E-state index contributed by atoms with van der Waals surface area (Å²) in [6.07, 6.45) is 0.733. The fourth-order valence-electron chi connectivity index (χ4n) is 2.64. The highest BCUT2D eigenvalue weighted by molar-refractivity contribution is 7.89. The minimum atomic E-state index is -3.66. The Hall–Kier alpha value is -1.68. The van der Waals surface area contributed by atoms with Crippen molar-refractivity contribution in [3.8, 4) is 5.75 Å². The van der Waals surface area contributed by atoms with Crippen LogP contribution in [0.1, 0.15) is 16.8 Å². The smallest absolute Gasteiger partial charge is 0.341 e. The van der Waals surface area contributed by atoms with Gasteiger partial charge in [-0.05, 0) is 25.1 Å². The first-order chi connectivity index (χ1) is 12.0. The van der Waals surface area contributed by atoms with Gasteiger partial charge in [0.25, 0.3) is 0 Å². The molecule has 1 aliphatic heterocycles. The molecule has 2 N–H and O–H groups in total. The predicted molar refractivity (Wildman–Crippen MR) is 93.4 cm³/mol. The molecular formula is C16H25N3O5S. The Morgan fingerprint density at radius 2 is 2.00 bits per heavy atom. The monoisotopic (exact) mass is 371 g/mol. The van der Waals surface area contributed by atoms with Gasteiger partial charge in [-0.15, -0.1) is 0 Å². The second-order valence-corrected chi connectivity index (χ2v) is 7.46. The van der Waals surface area contributed by atoms with Crippen LogP contribution in [0.15, 0.2) is 23.1 Å². The lowest BCUT2D eigenvalue weighted by Crippen LogP contribution is -2.44. The quantitative estimate of drug-likeness (QED) is 0.492. The molecule has 0 bridgehead atoms. The first kappa shape index (κ1) is 19.6. The van der Waals surface area contributed by atoms with Gasteiger partial charge in [0.1, 0.15) is 11.3 Å². The van der Waals surface area contributed by atoms with Gasteiger partial charge in [0.2, 0.25) is 10.0 Å². The van der Waals surface area contributed by atoms with Gasteiger partial charge in [-0.2, -0.15) is 0 Å². The lowest BCUT2D eigenvalue weighted by Gasteiger charge is -2.27. The Morgan fingerprint density at radius 1 is 1.28 bits per heavy atom. The molecule has 0 aliphatic carbocycles. The van der Waals surface area contributed by atoms with Crippen LogP contribution >= 0.6 is 0 Å². The van der Waals surface area contributed by atoms with Crippen LogP contribution in [0.2, 0.25) is 0 Å². The molecule has 1 fully saturated rings. The van der Waals surface area contributed by atoms with Gasteiger partial charge in [0, 0.05) is 38.8 Å². The summed E-state index contributed by atoms with van der Waals surface area (Å²) in [4.78, 5) is 14.0. The Morgan fingerprint density at radius 3 is 2.64 bits per heavy atom. The lowest BCUT2D eigenvalue weighted by molar-refractivity contribution is 0.0597. The van der Waals surface area contributed by atoms with Gasteiger partial charge in [0.15, 0.2) is 0 Å². The minimum absolute atomic E-state index is 0.0548. The summed E-state index contributed by atoms with van der Waals surface area (Å²) in [5, 5.41) is 3.28. The zero-order chi connectivity index (χ0) is 18.3. The third-order valence-electron chi connectivity index (χ3n) is 4.04. The third kappa shape index (κ3) is 5.40. The van der Waals surface area contributed by atoms with Crippen molar-refractivity contribution in [2.24, 2.45) is 0 Å². The predicted octanol–water partition coefficient (Wildman–Crippen LogP) is 0.0554. The summed E-state index contributed by atoms with van der Waals surface area (Å²) in [5.74, 6) is -0.416. The zero-order valence-electron chi connectivity index (χ0n) is 14.6. The molecular weight excluding hydrogens is 346 g/mol. The molecule has 2 rings (SSSR count). The van der Waals surface area contributed by atoms with Crippen molar-refractivity contribution in [2.75, 3.05) is 53.5 Å². The molecule has 1 aromatic carbocycles. The Kier molecular flexibility index (Phi) is 7.18. The van der Waals surface area contributed by atoms with E-state index in [2.05, 4.69) is 19.7 Å². The topological polar surface area (TPSA) is 97.0 Å². The van der Waals surface area contributed by atoms with Crippen molar-refractivity contribution in [3.05, 3.63) is 23.8 Å². The summed E-state index contributed by atoms with van der Waals surface area (Å²) in [6.45, 7) is 5.12. The largest absolute Gasteiger partial charge is 0.496 e. The third-order valence-corrected chi connectivity index (χ3v) is 5.50. The van der Waals surface area contributed by atoms with E-state index in [1.165, 1.54) is 32.4 Å². The number of methoxy groups -OCH3 is 2. The standard InChI is InChI=1S/C16H25N3O5S/c1-23-15-12-13(4-5-14(15)16(20)24-2)25(21,22)18-6-3-9-19-10-7-17-8-11-19/h4-5,12,17-18H,3,6-11H2,1-2H3. The molecule has 140 valence electrons. The van der Waals surface area contributed by atoms with Gasteiger partial charge in [-0.1, -0.05) is 0 Å². The Balaban J connectivity index is 1.95. The number of benzene rings is 1. The number of rotatable bonds is 8. The number of hydrogen-bond donors (Lipinski definition) is 2. The van der Waals surface area contributed by atoms with E-state index in [1.807, 2.05) is 0 Å². The van der Waals surface area contributed by atoms with Gasteiger partial charge in [-0.3, -0.25) is 0 Å². The number of esters is 1. The number of hydrogen-bond acceptors (Lipinski definition) is 7. The molecule has 0 unspecified atom stereocenters. The highest BCUT2D eigenvalue weighted by atomic mass is 32.2. The first-order valence-corrected chi connectivity index (χ1v) is 9.65. The van der Waals surface area contributed by atoms with Crippen LogP contribution < -0.4 is 14.8 Å². The Bertz CT molecular complexity index is 687. The summed E-state index contributed by atoms with van der Waals surface area (Å²) < 4.78 is 37.1. The van der Waals surface area contributed by atoms with Crippen LogP contribution in [0.25, 0.3) is 0 Å². The average molecular weight is 371 g/mol. The molecule has 1 aliphatic rings. The fraction of sp³-hybridized carbons (Fsp3) is 0.562. The summed E-state index contributed by atoms with van der Waals surface area (Å²) in [5.41, 5.74) is 0.183. The SMILES string of the molecule is COC(=O)c1ccc(S(=O)(=O)NCCCN2CCNCC2)cc1OC. The number of piperazine rings is 1. The normalized spacial score (nSPS) is 15.8. The molecule has 0 spiro atoms. The van der Waals surface area contributed by atoms with E-state index < -0.39 is 16.0 Å². The van der Waals surface area contributed by atoms with E-state index in [9.17, 15) is 13.2 Å². The van der Waals surface area contributed by atoms with E-state index in [1.54, 1.807) is 0 Å². The maximum absolute atomic E-state index is 12.4. The molecule has 9 heteroatoms. The van der Waals surface area contributed by atoms with Crippen molar-refractivity contribution in [3.63, 3.8) is 0 Å². The molecule has 1 saturated heterocycles. The van der Waals surface area contributed by atoms with Crippen molar-refractivity contribution in [2.45, 2.75) is 11.3 Å². The molecule has 0 aromatic heterocycles. The van der Waals surface area contributed by atoms with Gasteiger partial charge < -0.3 is 19.7 Å². The van der Waals surface area contributed by atoms with Gasteiger partial charge >= 0.3 is 5.97 Å². The number of nitrogens with zero attached hydrogens (tertiary/aromatic N) is 1. The van der Waals surface area contributed by atoms with Crippen LogP contribution in [-0.4, -0.2) is 72.8 Å². The van der Waals surface area contributed by atoms with Crippen LogP contribution in [0.5, 0.6) is 5.75 Å². The molecule has 1 aromatic rings. The minimum Gasteiger partial charge on any atom is -0.496 e. The lowest BCUT2D eigenvalue weighted by atomic mass is 10.2. The van der Waals surface area contributed by atoms with Crippen molar-refractivity contribution >= 4 is 16.0 Å². The van der Waals surface area contributed by atoms with Crippen LogP contribution in [0.4, 0.5) is 0 Å². The molecule has 0 atom stereocenters. The maximum atomic E-state index is 12.4. The van der Waals surface area contributed by atoms with E-state index in [4.69, 9.17) is 4.74 Å². The van der Waals surface area contributed by atoms with Crippen molar-refractivity contribution < 1.29 is 22.7 Å².